The minimum atomic E-state index is 0.474. The van der Waals surface area contributed by atoms with Crippen LogP contribution in [0.3, 0.4) is 0 Å². The van der Waals surface area contributed by atoms with Crippen molar-refractivity contribution in [1.82, 2.24) is 19.6 Å². The lowest BCUT2D eigenvalue weighted by molar-refractivity contribution is 0.328. The van der Waals surface area contributed by atoms with Crippen molar-refractivity contribution in [3.05, 3.63) is 79.3 Å². The average Bonchev–Trinajstić information content (AvgIpc) is 3.17. The van der Waals surface area contributed by atoms with Crippen molar-refractivity contribution in [3.63, 3.8) is 0 Å². The molecule has 5 rings (SSSR count). The second-order valence-electron chi connectivity index (χ2n) is 6.64. The van der Waals surface area contributed by atoms with Gasteiger partial charge in [-0.15, -0.1) is 0 Å². The predicted molar refractivity (Wildman–Crippen MR) is 114 cm³/mol. The Bertz CT molecular complexity index is 1300. The molecule has 4 heterocycles. The fourth-order valence-electron chi connectivity index (χ4n) is 3.56. The Morgan fingerprint density at radius 2 is 1.86 bits per heavy atom. The van der Waals surface area contributed by atoms with Crippen LogP contribution in [0.15, 0.2) is 79.3 Å². The van der Waals surface area contributed by atoms with E-state index in [4.69, 9.17) is 15.6 Å². The number of nitrogens with two attached hydrogens (primary N) is 1. The Hall–Kier alpha value is -3.77. The van der Waals surface area contributed by atoms with Gasteiger partial charge in [-0.2, -0.15) is 5.10 Å². The summed E-state index contributed by atoms with van der Waals surface area (Å²) >= 11 is 0. The number of nitrogens with zero attached hydrogens (tertiary/aromatic N) is 4. The summed E-state index contributed by atoms with van der Waals surface area (Å²) in [5, 5.41) is 5.85. The van der Waals surface area contributed by atoms with Crippen LogP contribution in [0.4, 0.5) is 0 Å². The third kappa shape index (κ3) is 3.09. The van der Waals surface area contributed by atoms with E-state index in [-0.39, 0.29) is 0 Å². The van der Waals surface area contributed by atoms with Gasteiger partial charge < -0.3 is 10.5 Å². The van der Waals surface area contributed by atoms with Crippen molar-refractivity contribution in [2.24, 2.45) is 5.73 Å². The van der Waals surface area contributed by atoms with E-state index in [1.165, 1.54) is 0 Å². The van der Waals surface area contributed by atoms with Crippen molar-refractivity contribution in [3.8, 4) is 28.3 Å². The number of hydrogen-bond acceptors (Lipinski definition) is 5. The first-order valence-corrected chi connectivity index (χ1v) is 9.46. The third-order valence-electron chi connectivity index (χ3n) is 4.82. The van der Waals surface area contributed by atoms with Crippen molar-refractivity contribution in [2.75, 3.05) is 13.2 Å². The SMILES string of the molecule is NCCOc1ccc2c(-c3c(-c4ccccn4)nn4ccccc34)ccnc2c1. The zero-order chi connectivity index (χ0) is 19.6. The Kier molecular flexibility index (Phi) is 4.38. The molecule has 4 aromatic heterocycles. The third-order valence-corrected chi connectivity index (χ3v) is 4.82. The number of fused-ring (bicyclic) bond motifs is 2. The molecule has 0 unspecified atom stereocenters. The van der Waals surface area contributed by atoms with Crippen LogP contribution in [-0.4, -0.2) is 32.7 Å². The first-order valence-electron chi connectivity index (χ1n) is 9.46. The molecule has 5 aromatic rings. The molecule has 0 aliphatic carbocycles. The van der Waals surface area contributed by atoms with E-state index in [0.29, 0.717) is 13.2 Å². The fraction of sp³-hybridized carbons (Fsp3) is 0.0870. The molecule has 0 aliphatic rings. The summed E-state index contributed by atoms with van der Waals surface area (Å²) < 4.78 is 7.56. The van der Waals surface area contributed by atoms with Crippen LogP contribution in [0.1, 0.15) is 0 Å². The van der Waals surface area contributed by atoms with Crippen LogP contribution in [0.5, 0.6) is 5.75 Å². The molecule has 0 saturated heterocycles. The van der Waals surface area contributed by atoms with Gasteiger partial charge in [0.15, 0.2) is 0 Å². The van der Waals surface area contributed by atoms with Gasteiger partial charge in [-0.05, 0) is 48.0 Å². The maximum absolute atomic E-state index is 5.67. The molecule has 0 atom stereocenters. The number of aromatic nitrogens is 4. The number of rotatable bonds is 5. The zero-order valence-electron chi connectivity index (χ0n) is 15.7. The smallest absolute Gasteiger partial charge is 0.121 e. The van der Waals surface area contributed by atoms with E-state index in [1.54, 1.807) is 6.20 Å². The lowest BCUT2D eigenvalue weighted by Crippen LogP contribution is -2.10. The zero-order valence-corrected chi connectivity index (χ0v) is 15.7. The lowest BCUT2D eigenvalue weighted by atomic mass is 9.98. The first-order chi connectivity index (χ1) is 14.3. The van der Waals surface area contributed by atoms with E-state index in [9.17, 15) is 0 Å². The molecule has 1 aromatic carbocycles. The van der Waals surface area contributed by atoms with E-state index in [1.807, 2.05) is 71.5 Å². The van der Waals surface area contributed by atoms with Gasteiger partial charge in [0.1, 0.15) is 18.1 Å². The molecule has 6 nitrogen and oxygen atoms in total. The highest BCUT2D eigenvalue weighted by Gasteiger charge is 2.19. The molecular formula is C23H19N5O. The summed E-state index contributed by atoms with van der Waals surface area (Å²) in [6.07, 6.45) is 5.56. The van der Waals surface area contributed by atoms with Crippen molar-refractivity contribution >= 4 is 16.4 Å². The largest absolute Gasteiger partial charge is 0.492 e. The fourth-order valence-corrected chi connectivity index (χ4v) is 3.56. The Balaban J connectivity index is 1.76. The second-order valence-corrected chi connectivity index (χ2v) is 6.64. The van der Waals surface area contributed by atoms with Gasteiger partial charge in [0, 0.05) is 42.2 Å². The van der Waals surface area contributed by atoms with Gasteiger partial charge in [0.2, 0.25) is 0 Å². The highest BCUT2D eigenvalue weighted by Crippen LogP contribution is 2.38. The summed E-state index contributed by atoms with van der Waals surface area (Å²) in [4.78, 5) is 9.08. The van der Waals surface area contributed by atoms with Crippen LogP contribution in [0.2, 0.25) is 0 Å². The van der Waals surface area contributed by atoms with Crippen LogP contribution >= 0.6 is 0 Å². The van der Waals surface area contributed by atoms with E-state index in [0.717, 1.165) is 44.7 Å². The van der Waals surface area contributed by atoms with E-state index < -0.39 is 0 Å². The number of hydrogen-bond donors (Lipinski definition) is 1. The molecule has 142 valence electrons. The number of benzene rings is 1. The summed E-state index contributed by atoms with van der Waals surface area (Å²) in [7, 11) is 0. The number of pyridine rings is 3. The van der Waals surface area contributed by atoms with Gasteiger partial charge in [-0.25, -0.2) is 4.52 Å². The van der Waals surface area contributed by atoms with E-state index >= 15 is 0 Å². The van der Waals surface area contributed by atoms with Gasteiger partial charge in [0.05, 0.1) is 16.7 Å². The number of ether oxygens (including phenoxy) is 1. The Morgan fingerprint density at radius 3 is 2.72 bits per heavy atom. The molecule has 29 heavy (non-hydrogen) atoms. The Morgan fingerprint density at radius 1 is 0.931 bits per heavy atom. The maximum Gasteiger partial charge on any atom is 0.121 e. The first kappa shape index (κ1) is 17.3. The summed E-state index contributed by atoms with van der Waals surface area (Å²) in [5.41, 5.74) is 11.2. The quantitative estimate of drug-likeness (QED) is 0.499. The van der Waals surface area contributed by atoms with Gasteiger partial charge >= 0.3 is 0 Å². The van der Waals surface area contributed by atoms with Gasteiger partial charge in [-0.1, -0.05) is 12.1 Å². The minimum Gasteiger partial charge on any atom is -0.492 e. The standard InChI is InChI=1S/C23H19N5O/c24-10-14-29-16-7-8-17-18(9-12-26-20(17)15-16)22-21-6-2-4-13-28(21)27-23(22)19-5-1-3-11-25-19/h1-9,11-13,15H,10,14,24H2. The summed E-state index contributed by atoms with van der Waals surface area (Å²) in [6.45, 7) is 0.949. The molecule has 0 fully saturated rings. The molecule has 0 spiro atoms. The van der Waals surface area contributed by atoms with Crippen molar-refractivity contribution in [1.29, 1.82) is 0 Å². The monoisotopic (exact) mass is 381 g/mol. The molecule has 0 bridgehead atoms. The van der Waals surface area contributed by atoms with Crippen LogP contribution < -0.4 is 10.5 Å². The average molecular weight is 381 g/mol. The van der Waals surface area contributed by atoms with Gasteiger partial charge in [0.25, 0.3) is 0 Å². The predicted octanol–water partition coefficient (Wildman–Crippen LogP) is 3.95. The normalized spacial score (nSPS) is 11.2. The van der Waals surface area contributed by atoms with Crippen molar-refractivity contribution in [2.45, 2.75) is 0 Å². The van der Waals surface area contributed by atoms with Gasteiger partial charge in [-0.3, -0.25) is 9.97 Å². The van der Waals surface area contributed by atoms with Crippen molar-refractivity contribution < 1.29 is 4.74 Å². The second kappa shape index (κ2) is 7.33. The molecule has 0 aliphatic heterocycles. The highest BCUT2D eigenvalue weighted by atomic mass is 16.5. The summed E-state index contributed by atoms with van der Waals surface area (Å²) in [5.74, 6) is 0.761. The molecule has 0 saturated carbocycles. The molecular weight excluding hydrogens is 362 g/mol. The van der Waals surface area contributed by atoms with E-state index in [2.05, 4.69) is 16.0 Å². The Labute approximate surface area is 167 Å². The topological polar surface area (TPSA) is 78.3 Å². The molecule has 0 radical (unpaired) electrons. The van der Waals surface area contributed by atoms with Crippen LogP contribution in [-0.2, 0) is 0 Å². The highest BCUT2D eigenvalue weighted by molar-refractivity contribution is 6.03. The lowest BCUT2D eigenvalue weighted by Gasteiger charge is -2.10. The maximum atomic E-state index is 5.67. The molecule has 2 N–H and O–H groups in total. The van der Waals surface area contributed by atoms with Crippen LogP contribution in [0, 0.1) is 0 Å². The van der Waals surface area contributed by atoms with Crippen LogP contribution in [0.25, 0.3) is 38.9 Å². The molecule has 6 heteroatoms. The molecule has 0 amide bonds. The summed E-state index contributed by atoms with van der Waals surface area (Å²) in [6, 6.07) is 19.9. The minimum absolute atomic E-state index is 0.474.